The van der Waals surface area contributed by atoms with Crippen molar-refractivity contribution in [2.45, 2.75) is 6.54 Å². The zero-order valence-electron chi connectivity index (χ0n) is 17.6. The predicted octanol–water partition coefficient (Wildman–Crippen LogP) is 2.18. The summed E-state index contributed by atoms with van der Waals surface area (Å²) in [4.78, 5) is 34.3. The van der Waals surface area contributed by atoms with Crippen molar-refractivity contribution in [3.63, 3.8) is 0 Å². The number of methoxy groups -OCH3 is 2. The molecule has 170 valence electrons. The molecule has 33 heavy (non-hydrogen) atoms. The molecule has 0 saturated heterocycles. The van der Waals surface area contributed by atoms with Gasteiger partial charge in [0.25, 0.3) is 5.91 Å². The Morgan fingerprint density at radius 2 is 1.91 bits per heavy atom. The van der Waals surface area contributed by atoms with Gasteiger partial charge in [0.2, 0.25) is 0 Å². The summed E-state index contributed by atoms with van der Waals surface area (Å²) in [5.41, 5.74) is 2.98. The van der Waals surface area contributed by atoms with Crippen molar-refractivity contribution >= 4 is 23.8 Å². The van der Waals surface area contributed by atoms with Crippen LogP contribution in [0, 0.1) is 10.1 Å². The van der Waals surface area contributed by atoms with E-state index in [-0.39, 0.29) is 23.7 Å². The van der Waals surface area contributed by atoms with Crippen LogP contribution in [0.5, 0.6) is 17.2 Å². The third kappa shape index (κ3) is 6.13. The highest BCUT2D eigenvalue weighted by atomic mass is 16.6. The zero-order chi connectivity index (χ0) is 23.8. The number of amides is 1. The number of carbonyl (C=O) groups excluding carboxylic acids is 2. The summed E-state index contributed by atoms with van der Waals surface area (Å²) in [5.74, 6) is 0.0197. The molecule has 0 spiro atoms. The Bertz CT molecular complexity index is 1190. The van der Waals surface area contributed by atoms with Crippen molar-refractivity contribution in [1.29, 1.82) is 0 Å². The molecular formula is C21H19N5O7. The van der Waals surface area contributed by atoms with Crippen LogP contribution < -0.4 is 19.6 Å². The van der Waals surface area contributed by atoms with Crippen molar-refractivity contribution in [3.8, 4) is 17.2 Å². The lowest BCUT2D eigenvalue weighted by Crippen LogP contribution is -2.23. The van der Waals surface area contributed by atoms with Gasteiger partial charge in [0.05, 0.1) is 30.9 Å². The van der Waals surface area contributed by atoms with E-state index in [9.17, 15) is 19.7 Å². The summed E-state index contributed by atoms with van der Waals surface area (Å²) in [6.07, 6.45) is 3.55. The maximum absolute atomic E-state index is 12.4. The fraction of sp³-hybridized carbons (Fsp3) is 0.143. The normalized spacial score (nSPS) is 10.6. The summed E-state index contributed by atoms with van der Waals surface area (Å²) in [5, 5.41) is 18.2. The molecule has 0 fully saturated rings. The fourth-order valence-electron chi connectivity index (χ4n) is 2.63. The van der Waals surface area contributed by atoms with Gasteiger partial charge in [-0.1, -0.05) is 0 Å². The molecule has 0 aliphatic rings. The minimum Gasteiger partial charge on any atom is -0.497 e. The lowest BCUT2D eigenvalue weighted by molar-refractivity contribution is -0.385. The highest BCUT2D eigenvalue weighted by Gasteiger charge is 2.13. The molecule has 0 aliphatic heterocycles. The molecule has 2 aromatic carbocycles. The summed E-state index contributed by atoms with van der Waals surface area (Å²) in [7, 11) is 2.95. The summed E-state index contributed by atoms with van der Waals surface area (Å²) in [6, 6.07) is 11.2. The summed E-state index contributed by atoms with van der Waals surface area (Å²) >= 11 is 0. The smallest absolute Gasteiger partial charge is 0.343 e. The molecule has 0 bridgehead atoms. The lowest BCUT2D eigenvalue weighted by Gasteiger charge is -2.10. The van der Waals surface area contributed by atoms with Crippen LogP contribution in [0.1, 0.15) is 15.9 Å². The average Bonchev–Trinajstić information content (AvgIpc) is 3.28. The maximum atomic E-state index is 12.4. The molecule has 0 saturated carbocycles. The number of ether oxygens (including phenoxy) is 3. The molecule has 1 heterocycles. The standard InChI is InChI=1S/C21H19N5O7/c1-31-17-6-4-15(5-7-17)21(28)33-18-8-3-14(9-19(18)32-2)10-22-24-20(27)13-25-12-16(11-23-25)26(29)30/h3-12H,13H2,1-2H3,(H,24,27)/b22-10+. The summed E-state index contributed by atoms with van der Waals surface area (Å²) < 4.78 is 16.9. The van der Waals surface area contributed by atoms with Gasteiger partial charge in [0.1, 0.15) is 24.7 Å². The number of esters is 1. The molecule has 1 amide bonds. The molecule has 1 aromatic heterocycles. The number of hydrogen-bond acceptors (Lipinski definition) is 9. The largest absolute Gasteiger partial charge is 0.497 e. The quantitative estimate of drug-likeness (QED) is 0.170. The number of nitrogens with one attached hydrogen (secondary N) is 1. The van der Waals surface area contributed by atoms with E-state index in [2.05, 4.69) is 15.6 Å². The molecule has 0 atom stereocenters. The minimum absolute atomic E-state index is 0.208. The van der Waals surface area contributed by atoms with E-state index in [0.717, 1.165) is 17.1 Å². The number of benzene rings is 2. The molecule has 0 aliphatic carbocycles. The fourth-order valence-corrected chi connectivity index (χ4v) is 2.63. The number of carbonyl (C=O) groups is 2. The van der Waals surface area contributed by atoms with Crippen molar-refractivity contribution in [2.24, 2.45) is 5.10 Å². The second-order valence-corrected chi connectivity index (χ2v) is 6.47. The van der Waals surface area contributed by atoms with Gasteiger partial charge < -0.3 is 14.2 Å². The molecule has 1 N–H and O–H groups in total. The molecular weight excluding hydrogens is 434 g/mol. The highest BCUT2D eigenvalue weighted by Crippen LogP contribution is 2.28. The van der Waals surface area contributed by atoms with Gasteiger partial charge in [0, 0.05) is 0 Å². The SMILES string of the molecule is COc1ccc(C(=O)Oc2ccc(/C=N/NC(=O)Cn3cc([N+](=O)[O-])cn3)cc2OC)cc1. The van der Waals surface area contributed by atoms with Crippen molar-refractivity contribution in [3.05, 3.63) is 76.1 Å². The van der Waals surface area contributed by atoms with Crippen molar-refractivity contribution in [2.75, 3.05) is 14.2 Å². The van der Waals surface area contributed by atoms with E-state index in [1.165, 1.54) is 26.5 Å². The first-order chi connectivity index (χ1) is 15.9. The Balaban J connectivity index is 1.59. The van der Waals surface area contributed by atoms with Gasteiger partial charge >= 0.3 is 11.7 Å². The third-order valence-corrected chi connectivity index (χ3v) is 4.25. The van der Waals surface area contributed by atoms with Crippen LogP contribution in [0.4, 0.5) is 5.69 Å². The first-order valence-corrected chi connectivity index (χ1v) is 9.42. The Morgan fingerprint density at radius 3 is 2.55 bits per heavy atom. The van der Waals surface area contributed by atoms with E-state index < -0.39 is 16.8 Å². The van der Waals surface area contributed by atoms with Gasteiger partial charge in [0.15, 0.2) is 11.5 Å². The van der Waals surface area contributed by atoms with Gasteiger partial charge in [-0.15, -0.1) is 0 Å². The van der Waals surface area contributed by atoms with E-state index in [1.807, 2.05) is 0 Å². The van der Waals surface area contributed by atoms with Crippen LogP contribution in [0.25, 0.3) is 0 Å². The highest BCUT2D eigenvalue weighted by molar-refractivity contribution is 5.91. The number of nitrogens with zero attached hydrogens (tertiary/aromatic N) is 4. The maximum Gasteiger partial charge on any atom is 0.343 e. The van der Waals surface area contributed by atoms with Crippen molar-refractivity contribution < 1.29 is 28.7 Å². The van der Waals surface area contributed by atoms with Gasteiger partial charge in [-0.3, -0.25) is 19.6 Å². The van der Waals surface area contributed by atoms with E-state index in [4.69, 9.17) is 14.2 Å². The number of hydrogen-bond donors (Lipinski definition) is 1. The predicted molar refractivity (Wildman–Crippen MR) is 116 cm³/mol. The second-order valence-electron chi connectivity index (χ2n) is 6.47. The molecule has 12 nitrogen and oxygen atoms in total. The number of aromatic nitrogens is 2. The Morgan fingerprint density at radius 1 is 1.15 bits per heavy atom. The molecule has 12 heteroatoms. The van der Waals surface area contributed by atoms with Crippen LogP contribution in [0.3, 0.4) is 0 Å². The van der Waals surface area contributed by atoms with E-state index in [1.54, 1.807) is 36.4 Å². The van der Waals surface area contributed by atoms with Crippen LogP contribution in [0.2, 0.25) is 0 Å². The van der Waals surface area contributed by atoms with Gasteiger partial charge in [-0.25, -0.2) is 10.2 Å². The lowest BCUT2D eigenvalue weighted by atomic mass is 10.2. The first-order valence-electron chi connectivity index (χ1n) is 9.42. The van der Waals surface area contributed by atoms with Crippen LogP contribution >= 0.6 is 0 Å². The topological polar surface area (TPSA) is 147 Å². The molecule has 0 radical (unpaired) electrons. The number of nitro groups is 1. The Labute approximate surface area is 187 Å². The summed E-state index contributed by atoms with van der Waals surface area (Å²) in [6.45, 7) is -0.241. The number of hydrazone groups is 1. The van der Waals surface area contributed by atoms with E-state index >= 15 is 0 Å². The second kappa shape index (κ2) is 10.5. The van der Waals surface area contributed by atoms with Crippen LogP contribution in [0.15, 0.2) is 60.0 Å². The molecule has 3 rings (SSSR count). The van der Waals surface area contributed by atoms with E-state index in [0.29, 0.717) is 16.9 Å². The minimum atomic E-state index is -0.606. The van der Waals surface area contributed by atoms with Crippen molar-refractivity contribution in [1.82, 2.24) is 15.2 Å². The number of rotatable bonds is 9. The zero-order valence-corrected chi connectivity index (χ0v) is 17.6. The van der Waals surface area contributed by atoms with Gasteiger partial charge in [-0.2, -0.15) is 10.2 Å². The average molecular weight is 453 g/mol. The Hall–Kier alpha value is -4.74. The van der Waals surface area contributed by atoms with Gasteiger partial charge in [-0.05, 0) is 48.0 Å². The third-order valence-electron chi connectivity index (χ3n) is 4.25. The monoisotopic (exact) mass is 453 g/mol. The molecule has 3 aromatic rings. The Kier molecular flexibility index (Phi) is 7.32. The van der Waals surface area contributed by atoms with Crippen LogP contribution in [-0.2, 0) is 11.3 Å². The van der Waals surface area contributed by atoms with Crippen LogP contribution in [-0.4, -0.2) is 47.0 Å². The molecule has 0 unspecified atom stereocenters. The first kappa shape index (κ1) is 22.9.